The van der Waals surface area contributed by atoms with Crippen LogP contribution in [0.4, 0.5) is 15.8 Å². The van der Waals surface area contributed by atoms with E-state index < -0.39 is 17.6 Å². The van der Waals surface area contributed by atoms with Crippen LogP contribution in [0.3, 0.4) is 0 Å². The number of imide groups is 1. The molecule has 1 aromatic heterocycles. The van der Waals surface area contributed by atoms with Crippen LogP contribution in [0.5, 0.6) is 5.75 Å². The van der Waals surface area contributed by atoms with Crippen LogP contribution < -0.4 is 19.8 Å². The number of carbonyl (C=O) groups excluding carboxylic acids is 3. The third-order valence-corrected chi connectivity index (χ3v) is 12.1. The van der Waals surface area contributed by atoms with Crippen LogP contribution in [0, 0.1) is 35.4 Å². The monoisotopic (exact) mass is 627 g/mol. The number of amides is 3. The highest BCUT2D eigenvalue weighted by Crippen LogP contribution is 2.69. The molecule has 222 valence electrons. The molecule has 2 aliphatic heterocycles. The van der Waals surface area contributed by atoms with Gasteiger partial charge in [0.05, 0.1) is 22.5 Å². The minimum Gasteiger partial charge on any atom is -0.483 e. The fourth-order valence-corrected chi connectivity index (χ4v) is 10.8. The average molecular weight is 628 g/mol. The zero-order valence-corrected chi connectivity index (χ0v) is 24.8. The molecule has 4 aromatic rings. The first kappa shape index (κ1) is 27.3. The molecule has 3 heterocycles. The van der Waals surface area contributed by atoms with Crippen LogP contribution in [0.1, 0.15) is 22.8 Å². The van der Waals surface area contributed by atoms with Gasteiger partial charge in [0.2, 0.25) is 11.8 Å². The van der Waals surface area contributed by atoms with Crippen molar-refractivity contribution >= 4 is 52.2 Å². The molecule has 2 bridgehead atoms. The van der Waals surface area contributed by atoms with Crippen LogP contribution in [0.25, 0.3) is 0 Å². The molecule has 2 aliphatic carbocycles. The summed E-state index contributed by atoms with van der Waals surface area (Å²) in [5, 5.41) is 3.55. The fraction of sp³-hybridized carbons (Fsp3) is 0.273. The summed E-state index contributed by atoms with van der Waals surface area (Å²) in [6.07, 6.45) is 0.774. The maximum atomic E-state index is 13.9. The molecule has 7 atom stereocenters. The van der Waals surface area contributed by atoms with Crippen molar-refractivity contribution in [2.24, 2.45) is 29.6 Å². The Morgan fingerprint density at radius 1 is 0.932 bits per heavy atom. The molecule has 0 radical (unpaired) electrons. The topological polar surface area (TPSA) is 109 Å². The molecule has 0 unspecified atom stereocenters. The summed E-state index contributed by atoms with van der Waals surface area (Å²) in [7, 11) is 0. The van der Waals surface area contributed by atoms with Gasteiger partial charge in [-0.1, -0.05) is 47.7 Å². The molecule has 1 saturated heterocycles. The second-order valence-electron chi connectivity index (χ2n) is 11.7. The summed E-state index contributed by atoms with van der Waals surface area (Å²) in [5.74, 6) is -1.64. The van der Waals surface area contributed by atoms with Crippen molar-refractivity contribution in [3.05, 3.63) is 105 Å². The minimum atomic E-state index is -0.413. The molecule has 3 amide bonds. The van der Waals surface area contributed by atoms with Gasteiger partial charge < -0.3 is 15.0 Å². The molecule has 4 aliphatic rings. The number of carbonyl (C=O) groups is 3. The van der Waals surface area contributed by atoms with E-state index in [0.29, 0.717) is 17.1 Å². The van der Waals surface area contributed by atoms with E-state index >= 15 is 0 Å². The average Bonchev–Trinajstić information content (AvgIpc) is 3.76. The lowest BCUT2D eigenvalue weighted by atomic mass is 9.68. The molecule has 11 heteroatoms. The first-order valence-corrected chi connectivity index (χ1v) is 16.2. The number of anilines is 2. The predicted octanol–water partition coefficient (Wildman–Crippen LogP) is 5.27. The SMILES string of the molecule is O=C(COc1ccccc1[C@@H]1c2sc(=O)[nH]c2S[C@@H]2[C@@H]3C[C@@H]([C@@H]4C(=O)N(c5ccccc5)C(=O)[C@@H]34)[C@H]12)Nc1ccc(F)cc1. The minimum absolute atomic E-state index is 0.00113. The lowest BCUT2D eigenvalue weighted by Gasteiger charge is -2.43. The molecule has 3 fully saturated rings. The maximum absolute atomic E-state index is 13.9. The Labute approximate surface area is 259 Å². The van der Waals surface area contributed by atoms with Gasteiger partial charge in [0.1, 0.15) is 11.6 Å². The molecular formula is C33H26FN3O5S2. The summed E-state index contributed by atoms with van der Waals surface area (Å²) >= 11 is 2.80. The molecule has 0 spiro atoms. The van der Waals surface area contributed by atoms with Gasteiger partial charge in [0, 0.05) is 27.3 Å². The highest BCUT2D eigenvalue weighted by molar-refractivity contribution is 8.00. The van der Waals surface area contributed by atoms with Crippen LogP contribution in [-0.2, 0) is 14.4 Å². The van der Waals surface area contributed by atoms with E-state index in [1.165, 1.54) is 40.5 Å². The smallest absolute Gasteiger partial charge is 0.305 e. The fourth-order valence-electron chi connectivity index (χ4n) is 7.94. The molecular weight excluding hydrogens is 602 g/mol. The van der Waals surface area contributed by atoms with Crippen molar-refractivity contribution in [2.45, 2.75) is 22.6 Å². The quantitative estimate of drug-likeness (QED) is 0.282. The van der Waals surface area contributed by atoms with Gasteiger partial charge in [-0.3, -0.25) is 24.1 Å². The van der Waals surface area contributed by atoms with Gasteiger partial charge in [-0.2, -0.15) is 0 Å². The number of aromatic nitrogens is 1. The number of benzene rings is 3. The normalized spacial score (nSPS) is 28.0. The largest absolute Gasteiger partial charge is 0.483 e. The lowest BCUT2D eigenvalue weighted by molar-refractivity contribution is -0.123. The van der Waals surface area contributed by atoms with Gasteiger partial charge in [0.25, 0.3) is 5.91 Å². The number of rotatable bonds is 6. The van der Waals surface area contributed by atoms with Gasteiger partial charge in [-0.15, -0.1) is 11.8 Å². The second kappa shape index (κ2) is 10.4. The van der Waals surface area contributed by atoms with Crippen molar-refractivity contribution in [3.8, 4) is 5.75 Å². The van der Waals surface area contributed by atoms with Crippen molar-refractivity contribution < 1.29 is 23.5 Å². The zero-order valence-electron chi connectivity index (χ0n) is 23.1. The Morgan fingerprint density at radius 2 is 1.64 bits per heavy atom. The molecule has 44 heavy (non-hydrogen) atoms. The summed E-state index contributed by atoms with van der Waals surface area (Å²) < 4.78 is 19.4. The number of hydrogen-bond acceptors (Lipinski definition) is 7. The highest BCUT2D eigenvalue weighted by Gasteiger charge is 2.69. The number of thiazole rings is 1. The Balaban J connectivity index is 1.12. The standard InChI is InChI=1S/C33H26FN3O5S2/c34-16-10-12-17(13-11-16)35-23(38)15-42-22-9-5-4-8-19(22)24-25-20-14-21(28(25)43-30-29(24)44-33(41)36-30)27-26(20)31(39)37(32(27)40)18-6-2-1-3-7-18/h1-13,20-21,24-28H,14-15H2,(H,35,38)(H,36,41)/t20-,21-,24+,25-,26+,27+,28-/m1/s1. The zero-order chi connectivity index (χ0) is 30.1. The van der Waals surface area contributed by atoms with Crippen molar-refractivity contribution in [2.75, 3.05) is 16.8 Å². The van der Waals surface area contributed by atoms with E-state index in [4.69, 9.17) is 4.74 Å². The van der Waals surface area contributed by atoms with Crippen LogP contribution in [0.2, 0.25) is 0 Å². The number of H-pyrrole nitrogens is 1. The van der Waals surface area contributed by atoms with E-state index in [-0.39, 0.29) is 58.1 Å². The van der Waals surface area contributed by atoms with Gasteiger partial charge in [-0.25, -0.2) is 4.39 Å². The Morgan fingerprint density at radius 3 is 2.41 bits per heavy atom. The number of thioether (sulfide) groups is 1. The van der Waals surface area contributed by atoms with Crippen LogP contribution in [0.15, 0.2) is 88.7 Å². The maximum Gasteiger partial charge on any atom is 0.305 e. The summed E-state index contributed by atoms with van der Waals surface area (Å²) in [5.41, 5.74) is 1.90. The highest BCUT2D eigenvalue weighted by atomic mass is 32.2. The van der Waals surface area contributed by atoms with E-state index in [1.807, 2.05) is 42.5 Å². The third-order valence-electron chi connectivity index (χ3n) is 9.48. The second-order valence-corrected chi connectivity index (χ2v) is 13.9. The van der Waals surface area contributed by atoms with E-state index in [9.17, 15) is 23.6 Å². The van der Waals surface area contributed by atoms with E-state index in [1.54, 1.807) is 23.9 Å². The lowest BCUT2D eigenvalue weighted by Crippen LogP contribution is -2.42. The molecule has 2 N–H and O–H groups in total. The number of fused-ring (bicyclic) bond motifs is 9. The number of nitrogens with one attached hydrogen (secondary N) is 2. The van der Waals surface area contributed by atoms with Gasteiger partial charge in [-0.05, 0) is 66.6 Å². The first-order valence-electron chi connectivity index (χ1n) is 14.5. The van der Waals surface area contributed by atoms with E-state index in [2.05, 4.69) is 10.3 Å². The van der Waals surface area contributed by atoms with Crippen molar-refractivity contribution in [1.29, 1.82) is 0 Å². The molecule has 8 nitrogen and oxygen atoms in total. The van der Waals surface area contributed by atoms with Gasteiger partial charge >= 0.3 is 4.87 Å². The molecule has 3 aromatic carbocycles. The number of ether oxygens (including phenoxy) is 1. The number of halogens is 1. The van der Waals surface area contributed by atoms with Gasteiger partial charge in [0.15, 0.2) is 6.61 Å². The summed E-state index contributed by atoms with van der Waals surface area (Å²) in [4.78, 5) is 58.2. The van der Waals surface area contributed by atoms with Crippen LogP contribution >= 0.6 is 23.1 Å². The third kappa shape index (κ3) is 4.24. The Kier molecular flexibility index (Phi) is 6.49. The molecule has 8 rings (SSSR count). The number of hydrogen-bond donors (Lipinski definition) is 2. The predicted molar refractivity (Wildman–Crippen MR) is 164 cm³/mol. The number of para-hydroxylation sites is 2. The number of aromatic amines is 1. The Bertz CT molecular complexity index is 1860. The van der Waals surface area contributed by atoms with E-state index in [0.717, 1.165) is 21.9 Å². The number of nitrogens with zero attached hydrogens (tertiary/aromatic N) is 1. The summed E-state index contributed by atoms with van der Waals surface area (Å²) in [6.45, 7) is -0.268. The van der Waals surface area contributed by atoms with Crippen molar-refractivity contribution in [1.82, 2.24) is 4.98 Å². The molecule has 2 saturated carbocycles. The van der Waals surface area contributed by atoms with Crippen molar-refractivity contribution in [3.63, 3.8) is 0 Å². The first-order chi connectivity index (χ1) is 21.4. The Hall–Kier alpha value is -4.22. The van der Waals surface area contributed by atoms with Crippen LogP contribution in [-0.4, -0.2) is 34.6 Å². The summed E-state index contributed by atoms with van der Waals surface area (Å²) in [6, 6.07) is 22.1.